The third-order valence-corrected chi connectivity index (χ3v) is 3.35. The standard InChI is InChI=1S/C13H16N2O2/c1-16-8-5-10-9-3-4-14-7-11(9)15-13(10)12(6-8)17-2/h5-6,14-15H,3-4,7H2,1-2H3. The summed E-state index contributed by atoms with van der Waals surface area (Å²) in [6.45, 7) is 1.93. The second kappa shape index (κ2) is 3.96. The lowest BCUT2D eigenvalue weighted by molar-refractivity contribution is 0.397. The molecule has 1 aliphatic heterocycles. The number of ether oxygens (including phenoxy) is 2. The first-order valence-electron chi connectivity index (χ1n) is 5.79. The lowest BCUT2D eigenvalue weighted by Crippen LogP contribution is -2.22. The van der Waals surface area contributed by atoms with Crippen molar-refractivity contribution in [3.8, 4) is 11.5 Å². The first kappa shape index (κ1) is 10.5. The van der Waals surface area contributed by atoms with Gasteiger partial charge in [0.15, 0.2) is 0 Å². The van der Waals surface area contributed by atoms with Crippen molar-refractivity contribution in [3.63, 3.8) is 0 Å². The molecule has 0 aliphatic carbocycles. The number of H-pyrrole nitrogens is 1. The van der Waals surface area contributed by atoms with Crippen LogP contribution < -0.4 is 14.8 Å². The molecule has 1 aliphatic rings. The predicted octanol–water partition coefficient (Wildman–Crippen LogP) is 1.83. The summed E-state index contributed by atoms with van der Waals surface area (Å²) in [7, 11) is 3.37. The Morgan fingerprint density at radius 1 is 1.18 bits per heavy atom. The summed E-state index contributed by atoms with van der Waals surface area (Å²) in [4.78, 5) is 3.44. The fourth-order valence-electron chi connectivity index (χ4n) is 2.49. The van der Waals surface area contributed by atoms with Gasteiger partial charge >= 0.3 is 0 Å². The van der Waals surface area contributed by atoms with Gasteiger partial charge in [0.05, 0.1) is 19.7 Å². The highest BCUT2D eigenvalue weighted by atomic mass is 16.5. The van der Waals surface area contributed by atoms with E-state index < -0.39 is 0 Å². The number of aromatic amines is 1. The second-order valence-electron chi connectivity index (χ2n) is 4.26. The van der Waals surface area contributed by atoms with Gasteiger partial charge in [0.25, 0.3) is 0 Å². The van der Waals surface area contributed by atoms with Crippen LogP contribution in [0.2, 0.25) is 0 Å². The molecule has 2 N–H and O–H groups in total. The number of methoxy groups -OCH3 is 2. The van der Waals surface area contributed by atoms with Crippen molar-refractivity contribution in [2.75, 3.05) is 20.8 Å². The topological polar surface area (TPSA) is 46.3 Å². The molecule has 17 heavy (non-hydrogen) atoms. The average molecular weight is 232 g/mol. The van der Waals surface area contributed by atoms with Crippen molar-refractivity contribution in [1.82, 2.24) is 10.3 Å². The highest BCUT2D eigenvalue weighted by Crippen LogP contribution is 2.35. The van der Waals surface area contributed by atoms with Gasteiger partial charge < -0.3 is 19.8 Å². The Balaban J connectivity index is 2.29. The summed E-state index contributed by atoms with van der Waals surface area (Å²) in [5, 5.41) is 4.58. The molecule has 2 aromatic rings. The minimum atomic E-state index is 0.841. The van der Waals surface area contributed by atoms with Crippen LogP contribution in [0, 0.1) is 0 Å². The van der Waals surface area contributed by atoms with E-state index in [-0.39, 0.29) is 0 Å². The quantitative estimate of drug-likeness (QED) is 0.830. The number of rotatable bonds is 2. The number of aromatic nitrogens is 1. The number of hydrogen-bond acceptors (Lipinski definition) is 3. The molecule has 0 radical (unpaired) electrons. The maximum atomic E-state index is 5.42. The molecule has 2 heterocycles. The third-order valence-electron chi connectivity index (χ3n) is 3.35. The number of hydrogen-bond donors (Lipinski definition) is 2. The largest absolute Gasteiger partial charge is 0.497 e. The Labute approximate surface area is 99.9 Å². The van der Waals surface area contributed by atoms with Crippen molar-refractivity contribution in [3.05, 3.63) is 23.4 Å². The molecule has 3 rings (SSSR count). The lowest BCUT2D eigenvalue weighted by atomic mass is 10.0. The van der Waals surface area contributed by atoms with E-state index in [2.05, 4.69) is 16.4 Å². The number of nitrogens with one attached hydrogen (secondary N) is 2. The predicted molar refractivity (Wildman–Crippen MR) is 66.8 cm³/mol. The molecule has 0 saturated carbocycles. The van der Waals surface area contributed by atoms with Gasteiger partial charge in [-0.2, -0.15) is 0 Å². The molecule has 0 atom stereocenters. The molecule has 4 heteroatoms. The number of benzene rings is 1. The van der Waals surface area contributed by atoms with Crippen LogP contribution >= 0.6 is 0 Å². The summed E-state index contributed by atoms with van der Waals surface area (Å²) < 4.78 is 10.7. The van der Waals surface area contributed by atoms with E-state index in [1.54, 1.807) is 14.2 Å². The zero-order chi connectivity index (χ0) is 11.8. The van der Waals surface area contributed by atoms with Crippen LogP contribution in [-0.4, -0.2) is 25.7 Å². The van der Waals surface area contributed by atoms with Crippen molar-refractivity contribution >= 4 is 10.9 Å². The Kier molecular flexibility index (Phi) is 2.44. The van der Waals surface area contributed by atoms with Crippen molar-refractivity contribution in [2.45, 2.75) is 13.0 Å². The van der Waals surface area contributed by atoms with Crippen molar-refractivity contribution in [2.24, 2.45) is 0 Å². The molecule has 0 bridgehead atoms. The highest BCUT2D eigenvalue weighted by Gasteiger charge is 2.18. The molecule has 0 unspecified atom stereocenters. The maximum Gasteiger partial charge on any atom is 0.146 e. The van der Waals surface area contributed by atoms with Gasteiger partial charge in [-0.05, 0) is 24.6 Å². The summed E-state index contributed by atoms with van der Waals surface area (Å²) in [6.07, 6.45) is 1.05. The first-order valence-corrected chi connectivity index (χ1v) is 5.79. The molecule has 0 saturated heterocycles. The highest BCUT2D eigenvalue weighted by molar-refractivity contribution is 5.91. The van der Waals surface area contributed by atoms with Gasteiger partial charge in [0.2, 0.25) is 0 Å². The summed E-state index contributed by atoms with van der Waals surface area (Å²) in [5.74, 6) is 1.68. The minimum absolute atomic E-state index is 0.841. The summed E-state index contributed by atoms with van der Waals surface area (Å²) in [5.41, 5.74) is 3.72. The normalized spacial score (nSPS) is 14.7. The Morgan fingerprint density at radius 2 is 2.06 bits per heavy atom. The SMILES string of the molecule is COc1cc(OC)c2[nH]c3c(c2c1)CCNC3. The average Bonchev–Trinajstić information content (AvgIpc) is 2.76. The monoisotopic (exact) mass is 232 g/mol. The van der Waals surface area contributed by atoms with Crippen LogP contribution in [-0.2, 0) is 13.0 Å². The maximum absolute atomic E-state index is 5.42. The zero-order valence-electron chi connectivity index (χ0n) is 10.1. The van der Waals surface area contributed by atoms with Gasteiger partial charge in [-0.25, -0.2) is 0 Å². The molecular weight excluding hydrogens is 216 g/mol. The lowest BCUT2D eigenvalue weighted by Gasteiger charge is -2.12. The van der Waals surface area contributed by atoms with E-state index in [9.17, 15) is 0 Å². The molecule has 0 amide bonds. The van der Waals surface area contributed by atoms with Gasteiger partial charge in [-0.15, -0.1) is 0 Å². The van der Waals surface area contributed by atoms with Crippen LogP contribution in [0.1, 0.15) is 11.3 Å². The Bertz CT molecular complexity index is 560. The first-order chi connectivity index (χ1) is 8.33. The minimum Gasteiger partial charge on any atom is -0.497 e. The van der Waals surface area contributed by atoms with Crippen LogP contribution in [0.3, 0.4) is 0 Å². The molecular formula is C13H16N2O2. The van der Waals surface area contributed by atoms with Crippen molar-refractivity contribution < 1.29 is 9.47 Å². The van der Waals surface area contributed by atoms with Gasteiger partial charge in [-0.1, -0.05) is 0 Å². The van der Waals surface area contributed by atoms with Crippen LogP contribution in [0.15, 0.2) is 12.1 Å². The van der Waals surface area contributed by atoms with E-state index in [4.69, 9.17) is 9.47 Å². The molecule has 90 valence electrons. The zero-order valence-corrected chi connectivity index (χ0v) is 10.1. The fraction of sp³-hybridized carbons (Fsp3) is 0.385. The van der Waals surface area contributed by atoms with Crippen LogP contribution in [0.4, 0.5) is 0 Å². The van der Waals surface area contributed by atoms with E-state index in [0.717, 1.165) is 36.5 Å². The van der Waals surface area contributed by atoms with Gasteiger partial charge in [0, 0.05) is 23.7 Å². The summed E-state index contributed by atoms with van der Waals surface area (Å²) >= 11 is 0. The van der Waals surface area contributed by atoms with E-state index in [0.29, 0.717) is 0 Å². The second-order valence-corrected chi connectivity index (χ2v) is 4.26. The summed E-state index contributed by atoms with van der Waals surface area (Å²) in [6, 6.07) is 4.00. The van der Waals surface area contributed by atoms with Crippen molar-refractivity contribution in [1.29, 1.82) is 0 Å². The van der Waals surface area contributed by atoms with E-state index in [1.807, 2.05) is 6.07 Å². The third kappa shape index (κ3) is 1.56. The van der Waals surface area contributed by atoms with Gasteiger partial charge in [-0.3, -0.25) is 0 Å². The van der Waals surface area contributed by atoms with Crippen LogP contribution in [0.25, 0.3) is 10.9 Å². The Hall–Kier alpha value is -1.68. The fourth-order valence-corrected chi connectivity index (χ4v) is 2.49. The molecule has 1 aromatic heterocycles. The molecule has 1 aromatic carbocycles. The van der Waals surface area contributed by atoms with E-state index >= 15 is 0 Å². The van der Waals surface area contributed by atoms with E-state index in [1.165, 1.54) is 16.6 Å². The van der Waals surface area contributed by atoms with Crippen LogP contribution in [0.5, 0.6) is 11.5 Å². The van der Waals surface area contributed by atoms with Gasteiger partial charge in [0.1, 0.15) is 11.5 Å². The molecule has 0 spiro atoms. The molecule has 0 fully saturated rings. The molecule has 4 nitrogen and oxygen atoms in total. The number of fused-ring (bicyclic) bond motifs is 3. The smallest absolute Gasteiger partial charge is 0.146 e. The Morgan fingerprint density at radius 3 is 2.82 bits per heavy atom.